The summed E-state index contributed by atoms with van der Waals surface area (Å²) in [6.45, 7) is 0.765. The number of methoxy groups -OCH3 is 1. The van der Waals surface area contributed by atoms with Crippen LogP contribution in [0.4, 0.5) is 0 Å². The van der Waals surface area contributed by atoms with Gasteiger partial charge < -0.3 is 9.30 Å². The van der Waals surface area contributed by atoms with Gasteiger partial charge in [0, 0.05) is 28.1 Å². The first-order valence-corrected chi connectivity index (χ1v) is 7.39. The van der Waals surface area contributed by atoms with Gasteiger partial charge in [0.25, 0.3) is 0 Å². The maximum atomic E-state index is 11.4. The summed E-state index contributed by atoms with van der Waals surface area (Å²) in [5.41, 5.74) is 2.89. The molecule has 0 spiro atoms. The summed E-state index contributed by atoms with van der Waals surface area (Å²) >= 11 is 3.56. The van der Waals surface area contributed by atoms with Crippen molar-refractivity contribution in [3.8, 4) is 0 Å². The zero-order valence-electron chi connectivity index (χ0n) is 11.5. The van der Waals surface area contributed by atoms with E-state index in [9.17, 15) is 4.79 Å². The Morgan fingerprint density at radius 2 is 1.90 bits per heavy atom. The third-order valence-electron chi connectivity index (χ3n) is 3.49. The number of aromatic nitrogens is 1. The quantitative estimate of drug-likeness (QED) is 0.666. The second-order valence-electron chi connectivity index (χ2n) is 4.80. The minimum Gasteiger partial charge on any atom is -0.465 e. The fourth-order valence-electron chi connectivity index (χ4n) is 2.38. The normalized spacial score (nSPS) is 10.8. The maximum Gasteiger partial charge on any atom is 0.337 e. The van der Waals surface area contributed by atoms with E-state index in [1.165, 1.54) is 18.0 Å². The zero-order chi connectivity index (χ0) is 14.8. The fourth-order valence-corrected chi connectivity index (χ4v) is 2.87. The van der Waals surface area contributed by atoms with Gasteiger partial charge in [0.1, 0.15) is 0 Å². The predicted molar refractivity (Wildman–Crippen MR) is 86.5 cm³/mol. The Balaban J connectivity index is 1.88. The van der Waals surface area contributed by atoms with Gasteiger partial charge in [0.05, 0.1) is 12.7 Å². The van der Waals surface area contributed by atoms with Gasteiger partial charge in [-0.3, -0.25) is 0 Å². The Hall–Kier alpha value is -2.07. The summed E-state index contributed by atoms with van der Waals surface area (Å²) in [5, 5.41) is 1.20. The van der Waals surface area contributed by atoms with Crippen LogP contribution in [0.3, 0.4) is 0 Å². The number of carbonyl (C=O) groups excluding carboxylic acids is 1. The summed E-state index contributed by atoms with van der Waals surface area (Å²) in [7, 11) is 1.39. The van der Waals surface area contributed by atoms with Crippen LogP contribution in [0, 0.1) is 0 Å². The number of hydrogen-bond acceptors (Lipinski definition) is 2. The lowest BCUT2D eigenvalue weighted by molar-refractivity contribution is 0.0600. The molecule has 0 atom stereocenters. The van der Waals surface area contributed by atoms with Crippen LogP contribution < -0.4 is 0 Å². The van der Waals surface area contributed by atoms with Crippen LogP contribution in [-0.4, -0.2) is 17.6 Å². The van der Waals surface area contributed by atoms with Crippen LogP contribution >= 0.6 is 15.9 Å². The van der Waals surface area contributed by atoms with E-state index < -0.39 is 0 Å². The molecule has 0 saturated carbocycles. The molecule has 0 aliphatic heterocycles. The Labute approximate surface area is 131 Å². The molecule has 3 aromatic rings. The smallest absolute Gasteiger partial charge is 0.337 e. The number of carbonyl (C=O) groups is 1. The molecule has 0 unspecified atom stereocenters. The summed E-state index contributed by atoms with van der Waals surface area (Å²) in [5.74, 6) is -0.308. The molecule has 21 heavy (non-hydrogen) atoms. The minimum absolute atomic E-state index is 0.308. The molecule has 0 N–H and O–H groups in total. The van der Waals surface area contributed by atoms with E-state index in [0.717, 1.165) is 16.6 Å². The maximum absolute atomic E-state index is 11.4. The van der Waals surface area contributed by atoms with E-state index in [2.05, 4.69) is 38.8 Å². The number of nitrogens with zero attached hydrogens (tertiary/aromatic N) is 1. The van der Waals surface area contributed by atoms with E-state index in [-0.39, 0.29) is 5.97 Å². The second kappa shape index (κ2) is 5.74. The third kappa shape index (κ3) is 2.72. The average Bonchev–Trinajstić information content (AvgIpc) is 2.92. The number of halogens is 1. The van der Waals surface area contributed by atoms with Crippen molar-refractivity contribution in [2.45, 2.75) is 6.54 Å². The van der Waals surface area contributed by atoms with E-state index in [4.69, 9.17) is 4.74 Å². The lowest BCUT2D eigenvalue weighted by atomic mass is 10.1. The van der Waals surface area contributed by atoms with Crippen molar-refractivity contribution in [3.63, 3.8) is 0 Å². The van der Waals surface area contributed by atoms with Crippen molar-refractivity contribution < 1.29 is 9.53 Å². The van der Waals surface area contributed by atoms with Gasteiger partial charge in [-0.2, -0.15) is 0 Å². The highest BCUT2D eigenvalue weighted by atomic mass is 79.9. The topological polar surface area (TPSA) is 31.2 Å². The van der Waals surface area contributed by atoms with Crippen molar-refractivity contribution in [1.29, 1.82) is 0 Å². The van der Waals surface area contributed by atoms with Gasteiger partial charge in [-0.15, -0.1) is 0 Å². The van der Waals surface area contributed by atoms with Gasteiger partial charge >= 0.3 is 5.97 Å². The Kier molecular flexibility index (Phi) is 3.80. The highest BCUT2D eigenvalue weighted by Crippen LogP contribution is 2.25. The molecule has 0 amide bonds. The van der Waals surface area contributed by atoms with Gasteiger partial charge in [-0.1, -0.05) is 34.1 Å². The molecule has 0 aliphatic carbocycles. The molecule has 3 nitrogen and oxygen atoms in total. The van der Waals surface area contributed by atoms with Crippen molar-refractivity contribution in [2.24, 2.45) is 0 Å². The second-order valence-corrected chi connectivity index (χ2v) is 5.66. The van der Waals surface area contributed by atoms with Crippen LogP contribution in [0.2, 0.25) is 0 Å². The van der Waals surface area contributed by atoms with E-state index in [1.54, 1.807) is 12.1 Å². The van der Waals surface area contributed by atoms with Crippen LogP contribution in [0.25, 0.3) is 10.9 Å². The standard InChI is InChI=1S/C17H14BrNO2/c1-21-17(20)13-7-5-12(6-8-13)11-19-10-9-14-15(18)3-2-4-16(14)19/h2-10H,11H2,1H3. The van der Waals surface area contributed by atoms with Crippen molar-refractivity contribution in [1.82, 2.24) is 4.57 Å². The molecule has 0 bridgehead atoms. The summed E-state index contributed by atoms with van der Waals surface area (Å²) < 4.78 is 7.99. The first-order chi connectivity index (χ1) is 10.2. The molecule has 106 valence electrons. The molecule has 1 heterocycles. The zero-order valence-corrected chi connectivity index (χ0v) is 13.1. The highest BCUT2D eigenvalue weighted by Gasteiger charge is 2.06. The van der Waals surface area contributed by atoms with Crippen LogP contribution in [0.5, 0.6) is 0 Å². The molecule has 2 aromatic carbocycles. The Morgan fingerprint density at radius 1 is 1.14 bits per heavy atom. The fraction of sp³-hybridized carbons (Fsp3) is 0.118. The molecule has 4 heteroatoms. The van der Waals surface area contributed by atoms with E-state index >= 15 is 0 Å². The number of hydrogen-bond donors (Lipinski definition) is 0. The molecular formula is C17H14BrNO2. The third-order valence-corrected chi connectivity index (χ3v) is 4.18. The molecule has 0 radical (unpaired) electrons. The Morgan fingerprint density at radius 3 is 2.62 bits per heavy atom. The number of fused-ring (bicyclic) bond motifs is 1. The number of benzene rings is 2. The predicted octanol–water partition coefficient (Wildman–Crippen LogP) is 4.24. The Bertz CT molecular complexity index is 790. The van der Waals surface area contributed by atoms with Crippen LogP contribution in [0.15, 0.2) is 59.2 Å². The average molecular weight is 344 g/mol. The molecule has 0 saturated heterocycles. The minimum atomic E-state index is -0.308. The van der Waals surface area contributed by atoms with Crippen molar-refractivity contribution in [3.05, 3.63) is 70.3 Å². The molecule has 3 rings (SSSR count). The number of esters is 1. The highest BCUT2D eigenvalue weighted by molar-refractivity contribution is 9.10. The van der Waals surface area contributed by atoms with Crippen LogP contribution in [0.1, 0.15) is 15.9 Å². The van der Waals surface area contributed by atoms with Gasteiger partial charge in [-0.05, 0) is 35.9 Å². The first-order valence-electron chi connectivity index (χ1n) is 6.59. The summed E-state index contributed by atoms with van der Waals surface area (Å²) in [6.07, 6.45) is 2.07. The lowest BCUT2D eigenvalue weighted by Gasteiger charge is -2.07. The van der Waals surface area contributed by atoms with Gasteiger partial charge in [0.15, 0.2) is 0 Å². The summed E-state index contributed by atoms with van der Waals surface area (Å²) in [6, 6.07) is 15.8. The monoisotopic (exact) mass is 343 g/mol. The van der Waals surface area contributed by atoms with E-state index in [0.29, 0.717) is 5.56 Å². The lowest BCUT2D eigenvalue weighted by Crippen LogP contribution is -2.02. The van der Waals surface area contributed by atoms with Crippen molar-refractivity contribution in [2.75, 3.05) is 7.11 Å². The van der Waals surface area contributed by atoms with Crippen molar-refractivity contribution >= 4 is 32.8 Å². The molecule has 1 aromatic heterocycles. The van der Waals surface area contributed by atoms with Gasteiger partial charge in [-0.25, -0.2) is 4.79 Å². The van der Waals surface area contributed by atoms with E-state index in [1.807, 2.05) is 24.3 Å². The number of ether oxygens (including phenoxy) is 1. The largest absolute Gasteiger partial charge is 0.465 e. The molecular weight excluding hydrogens is 330 g/mol. The SMILES string of the molecule is COC(=O)c1ccc(Cn2ccc3c(Br)cccc32)cc1. The molecule has 0 aliphatic rings. The summed E-state index contributed by atoms with van der Waals surface area (Å²) in [4.78, 5) is 11.4. The van der Waals surface area contributed by atoms with Crippen LogP contribution in [-0.2, 0) is 11.3 Å². The van der Waals surface area contributed by atoms with Gasteiger partial charge in [0.2, 0.25) is 0 Å². The number of rotatable bonds is 3. The molecule has 0 fully saturated rings. The first kappa shape index (κ1) is 13.9.